The predicted octanol–water partition coefficient (Wildman–Crippen LogP) is 1.25. The van der Waals surface area contributed by atoms with Crippen LogP contribution in [0.1, 0.15) is 5.69 Å². The number of hydrogen-bond acceptors (Lipinski definition) is 2. The smallest absolute Gasteiger partial charge is 0.153 e. The minimum Gasteiger partial charge on any atom is -0.237 e. The van der Waals surface area contributed by atoms with Crippen molar-refractivity contribution in [2.24, 2.45) is 0 Å². The van der Waals surface area contributed by atoms with Crippen LogP contribution in [0.3, 0.4) is 0 Å². The van der Waals surface area contributed by atoms with Crippen molar-refractivity contribution < 1.29 is 0 Å². The van der Waals surface area contributed by atoms with E-state index in [2.05, 4.69) is 16.0 Å². The van der Waals surface area contributed by atoms with E-state index in [1.54, 1.807) is 23.1 Å². The molecule has 0 unspecified atom stereocenters. The Morgan fingerprint density at radius 2 is 2.23 bits per heavy atom. The van der Waals surface area contributed by atoms with Gasteiger partial charge in [0.15, 0.2) is 5.82 Å². The minimum atomic E-state index is 0.616. The molecule has 0 bridgehead atoms. The molecule has 3 heteroatoms. The Morgan fingerprint density at radius 3 is 2.85 bits per heavy atom. The molecule has 0 amide bonds. The maximum atomic E-state index is 5.19. The lowest BCUT2D eigenvalue weighted by Crippen LogP contribution is -1.97. The summed E-state index contributed by atoms with van der Waals surface area (Å²) in [6.45, 7) is 0. The largest absolute Gasteiger partial charge is 0.237 e. The van der Waals surface area contributed by atoms with Crippen LogP contribution in [0.25, 0.3) is 5.82 Å². The van der Waals surface area contributed by atoms with E-state index in [0.717, 1.165) is 5.82 Å². The standard InChI is InChI=1S/C10H7N3/c1-2-9-6-8-13(12-9)10-5-3-4-7-11-10/h1,3-8H. The Bertz CT molecular complexity index is 437. The summed E-state index contributed by atoms with van der Waals surface area (Å²) >= 11 is 0. The van der Waals surface area contributed by atoms with Gasteiger partial charge in [0.05, 0.1) is 0 Å². The van der Waals surface area contributed by atoms with Gasteiger partial charge in [-0.15, -0.1) is 6.42 Å². The van der Waals surface area contributed by atoms with E-state index in [9.17, 15) is 0 Å². The molecule has 0 saturated carbocycles. The average molecular weight is 169 g/mol. The third kappa shape index (κ3) is 1.42. The molecule has 3 nitrogen and oxygen atoms in total. The lowest BCUT2D eigenvalue weighted by atomic mass is 10.4. The van der Waals surface area contributed by atoms with Gasteiger partial charge in [0, 0.05) is 12.4 Å². The van der Waals surface area contributed by atoms with Crippen LogP contribution in [0, 0.1) is 12.3 Å². The van der Waals surface area contributed by atoms with Crippen LogP contribution in [-0.4, -0.2) is 14.8 Å². The van der Waals surface area contributed by atoms with E-state index in [1.807, 2.05) is 18.2 Å². The Labute approximate surface area is 76.0 Å². The average Bonchev–Trinajstić information content (AvgIpc) is 2.67. The maximum absolute atomic E-state index is 5.19. The molecule has 0 radical (unpaired) electrons. The highest BCUT2D eigenvalue weighted by Crippen LogP contribution is 2.02. The Hall–Kier alpha value is -2.08. The third-order valence-corrected chi connectivity index (χ3v) is 1.62. The molecule has 2 heterocycles. The number of rotatable bonds is 1. The highest BCUT2D eigenvalue weighted by molar-refractivity contribution is 5.27. The van der Waals surface area contributed by atoms with Crippen molar-refractivity contribution in [1.82, 2.24) is 14.8 Å². The van der Waals surface area contributed by atoms with Gasteiger partial charge in [-0.1, -0.05) is 6.07 Å². The van der Waals surface area contributed by atoms with E-state index in [1.165, 1.54) is 0 Å². The number of aromatic nitrogens is 3. The van der Waals surface area contributed by atoms with Gasteiger partial charge in [-0.25, -0.2) is 9.67 Å². The topological polar surface area (TPSA) is 30.7 Å². The highest BCUT2D eigenvalue weighted by atomic mass is 15.3. The second kappa shape index (κ2) is 3.11. The summed E-state index contributed by atoms with van der Waals surface area (Å²) < 4.78 is 1.65. The molecule has 0 spiro atoms. The second-order valence-corrected chi connectivity index (χ2v) is 2.48. The van der Waals surface area contributed by atoms with Gasteiger partial charge in [-0.05, 0) is 24.1 Å². The fourth-order valence-corrected chi connectivity index (χ4v) is 1.02. The van der Waals surface area contributed by atoms with Gasteiger partial charge >= 0.3 is 0 Å². The normalized spacial score (nSPS) is 9.46. The van der Waals surface area contributed by atoms with Crippen LogP contribution >= 0.6 is 0 Å². The lowest BCUT2D eigenvalue weighted by Gasteiger charge is -1.96. The molecule has 0 saturated heterocycles. The van der Waals surface area contributed by atoms with Crippen molar-refractivity contribution >= 4 is 0 Å². The summed E-state index contributed by atoms with van der Waals surface area (Å²) in [4.78, 5) is 4.13. The fourth-order valence-electron chi connectivity index (χ4n) is 1.02. The first-order chi connectivity index (χ1) is 6.40. The number of terminal acetylenes is 1. The van der Waals surface area contributed by atoms with Crippen LogP contribution in [0.2, 0.25) is 0 Å². The van der Waals surface area contributed by atoms with E-state index < -0.39 is 0 Å². The van der Waals surface area contributed by atoms with Crippen molar-refractivity contribution in [3.05, 3.63) is 42.4 Å². The van der Waals surface area contributed by atoms with E-state index in [0.29, 0.717) is 5.69 Å². The van der Waals surface area contributed by atoms with Crippen molar-refractivity contribution in [2.75, 3.05) is 0 Å². The van der Waals surface area contributed by atoms with Crippen LogP contribution in [-0.2, 0) is 0 Å². The summed E-state index contributed by atoms with van der Waals surface area (Å²) in [6, 6.07) is 7.40. The maximum Gasteiger partial charge on any atom is 0.153 e. The summed E-state index contributed by atoms with van der Waals surface area (Å²) in [6.07, 6.45) is 8.70. The predicted molar refractivity (Wildman–Crippen MR) is 49.3 cm³/mol. The molecular formula is C10H7N3. The fraction of sp³-hybridized carbons (Fsp3) is 0. The van der Waals surface area contributed by atoms with Gasteiger partial charge < -0.3 is 0 Å². The molecule has 62 valence electrons. The molecule has 2 aromatic rings. The van der Waals surface area contributed by atoms with E-state index in [4.69, 9.17) is 6.42 Å². The Morgan fingerprint density at radius 1 is 1.31 bits per heavy atom. The summed E-state index contributed by atoms with van der Waals surface area (Å²) in [7, 11) is 0. The molecular weight excluding hydrogens is 162 g/mol. The quantitative estimate of drug-likeness (QED) is 0.601. The molecule has 2 rings (SSSR count). The molecule has 0 fully saturated rings. The summed E-state index contributed by atoms with van der Waals surface area (Å²) in [5, 5.41) is 4.12. The minimum absolute atomic E-state index is 0.616. The molecule has 13 heavy (non-hydrogen) atoms. The summed E-state index contributed by atoms with van der Waals surface area (Å²) in [5.74, 6) is 3.22. The molecule has 0 aliphatic carbocycles. The monoisotopic (exact) mass is 169 g/mol. The van der Waals surface area contributed by atoms with Gasteiger partial charge in [0.25, 0.3) is 0 Å². The van der Waals surface area contributed by atoms with Gasteiger partial charge in [0.1, 0.15) is 5.69 Å². The Balaban J connectivity index is 2.43. The van der Waals surface area contributed by atoms with E-state index in [-0.39, 0.29) is 0 Å². The molecule has 0 N–H and O–H groups in total. The zero-order valence-electron chi connectivity index (χ0n) is 6.88. The van der Waals surface area contributed by atoms with Crippen molar-refractivity contribution in [3.8, 4) is 18.2 Å². The molecule has 2 aromatic heterocycles. The van der Waals surface area contributed by atoms with Gasteiger partial charge in [-0.2, -0.15) is 5.10 Å². The van der Waals surface area contributed by atoms with Crippen LogP contribution in [0.15, 0.2) is 36.7 Å². The Kier molecular flexibility index (Phi) is 1.81. The number of nitrogens with zero attached hydrogens (tertiary/aromatic N) is 3. The van der Waals surface area contributed by atoms with Crippen LogP contribution in [0.5, 0.6) is 0 Å². The number of pyridine rings is 1. The SMILES string of the molecule is C#Cc1ccn(-c2ccccn2)n1. The zero-order chi connectivity index (χ0) is 9.10. The van der Waals surface area contributed by atoms with Gasteiger partial charge in [0.2, 0.25) is 0 Å². The van der Waals surface area contributed by atoms with Gasteiger partial charge in [-0.3, -0.25) is 0 Å². The summed E-state index contributed by atoms with van der Waals surface area (Å²) in [5.41, 5.74) is 0.616. The number of hydrogen-bond donors (Lipinski definition) is 0. The van der Waals surface area contributed by atoms with Crippen molar-refractivity contribution in [3.63, 3.8) is 0 Å². The van der Waals surface area contributed by atoms with Crippen molar-refractivity contribution in [1.29, 1.82) is 0 Å². The molecule has 0 atom stereocenters. The molecule has 0 aliphatic heterocycles. The molecule has 0 aromatic carbocycles. The first-order valence-corrected chi connectivity index (χ1v) is 3.84. The highest BCUT2D eigenvalue weighted by Gasteiger charge is 1.97. The first-order valence-electron chi connectivity index (χ1n) is 3.84. The first kappa shape index (κ1) is 7.56. The molecule has 0 aliphatic rings. The van der Waals surface area contributed by atoms with Crippen LogP contribution in [0.4, 0.5) is 0 Å². The zero-order valence-corrected chi connectivity index (χ0v) is 6.88. The third-order valence-electron chi connectivity index (χ3n) is 1.62. The van der Waals surface area contributed by atoms with E-state index >= 15 is 0 Å². The van der Waals surface area contributed by atoms with Crippen molar-refractivity contribution in [2.45, 2.75) is 0 Å². The lowest BCUT2D eigenvalue weighted by molar-refractivity contribution is 0.842. The van der Waals surface area contributed by atoms with Crippen LogP contribution < -0.4 is 0 Å². The second-order valence-electron chi connectivity index (χ2n) is 2.48.